The zero-order valence-corrected chi connectivity index (χ0v) is 38.9. The van der Waals surface area contributed by atoms with E-state index in [0.29, 0.717) is 0 Å². The molecule has 0 aromatic heterocycles. The third-order valence-electron chi connectivity index (χ3n) is 16.1. The van der Waals surface area contributed by atoms with Gasteiger partial charge in [-0.2, -0.15) is 0 Å². The molecule has 1 heteroatoms. The third-order valence-corrected chi connectivity index (χ3v) is 16.1. The highest BCUT2D eigenvalue weighted by molar-refractivity contribution is 6.12. The third kappa shape index (κ3) is 5.41. The van der Waals surface area contributed by atoms with E-state index in [1.54, 1.807) is 0 Å². The van der Waals surface area contributed by atoms with E-state index in [2.05, 4.69) is 278 Å². The van der Waals surface area contributed by atoms with Crippen molar-refractivity contribution in [2.75, 3.05) is 4.90 Å². The van der Waals surface area contributed by atoms with Crippen LogP contribution in [0.1, 0.15) is 44.5 Å². The zero-order chi connectivity index (χ0) is 46.7. The first-order chi connectivity index (χ1) is 35.2. The standard InChI is InChI=1S/C70H45N/c1-4-20-46(21-5-1)52-41-42-59-55-30-13-17-35-63(55)70(65-36-19-32-58(52)68(59)65)62-34-16-12-29-54(62)57-40-38-51(45-66(57)70)71(67-37-18-23-47-22-10-11-28-53(47)67)50-39-43-64-60(44-50)56-31-14-15-33-61(56)69(64,48-24-6-2-7-25-48)49-26-8-3-9-27-49/h1-45H. The van der Waals surface area contributed by atoms with Gasteiger partial charge in [-0.1, -0.05) is 243 Å². The summed E-state index contributed by atoms with van der Waals surface area (Å²) in [7, 11) is 0. The average molecular weight is 900 g/mol. The lowest BCUT2D eigenvalue weighted by Crippen LogP contribution is -2.32. The molecule has 3 aliphatic rings. The summed E-state index contributed by atoms with van der Waals surface area (Å²) < 4.78 is 0. The molecule has 0 saturated carbocycles. The van der Waals surface area contributed by atoms with Crippen molar-refractivity contribution in [2.24, 2.45) is 0 Å². The van der Waals surface area contributed by atoms with Crippen molar-refractivity contribution in [1.29, 1.82) is 0 Å². The van der Waals surface area contributed by atoms with Crippen LogP contribution in [-0.4, -0.2) is 0 Å². The van der Waals surface area contributed by atoms with Crippen molar-refractivity contribution >= 4 is 38.6 Å². The molecule has 0 saturated heterocycles. The van der Waals surface area contributed by atoms with Gasteiger partial charge in [0.15, 0.2) is 0 Å². The molecule has 0 fully saturated rings. The lowest BCUT2D eigenvalue weighted by molar-refractivity contribution is 0.768. The molecule has 1 atom stereocenters. The van der Waals surface area contributed by atoms with Crippen LogP contribution in [0.3, 0.4) is 0 Å². The Balaban J connectivity index is 1.02. The molecule has 1 spiro atoms. The molecule has 3 aliphatic carbocycles. The fraction of sp³-hybridized carbons (Fsp3) is 0.0286. The van der Waals surface area contributed by atoms with Crippen LogP contribution in [0.15, 0.2) is 273 Å². The number of nitrogens with zero attached hydrogens (tertiary/aromatic N) is 1. The van der Waals surface area contributed by atoms with E-state index in [1.165, 1.54) is 111 Å². The van der Waals surface area contributed by atoms with E-state index in [9.17, 15) is 0 Å². The number of benzene rings is 12. The molecule has 1 nitrogen and oxygen atoms in total. The largest absolute Gasteiger partial charge is 0.310 e. The van der Waals surface area contributed by atoms with Gasteiger partial charge in [-0.25, -0.2) is 0 Å². The van der Waals surface area contributed by atoms with Crippen LogP contribution >= 0.6 is 0 Å². The van der Waals surface area contributed by atoms with Crippen LogP contribution in [-0.2, 0) is 10.8 Å². The Morgan fingerprint density at radius 1 is 0.254 bits per heavy atom. The molecule has 0 aliphatic heterocycles. The number of rotatable bonds is 6. The van der Waals surface area contributed by atoms with Gasteiger partial charge in [-0.3, -0.25) is 0 Å². The molecule has 12 aromatic carbocycles. The molecule has 15 rings (SSSR count). The van der Waals surface area contributed by atoms with E-state index in [4.69, 9.17) is 0 Å². The Hall–Kier alpha value is -9.04. The lowest BCUT2D eigenvalue weighted by atomic mass is 9.61. The highest BCUT2D eigenvalue weighted by atomic mass is 15.1. The van der Waals surface area contributed by atoms with Crippen molar-refractivity contribution in [2.45, 2.75) is 10.8 Å². The SMILES string of the molecule is c1ccc(-c2ccc3c4c(cccc24)C2(c4ccccc4-c4ccc(N(c5ccc6c(c5)-c5ccccc5C6(c5ccccc5)c5ccccc5)c5cccc6ccccc56)cc42)c2ccccc2-3)cc1. The van der Waals surface area contributed by atoms with Crippen molar-refractivity contribution < 1.29 is 0 Å². The van der Waals surface area contributed by atoms with Crippen molar-refractivity contribution in [3.63, 3.8) is 0 Å². The highest BCUT2D eigenvalue weighted by Crippen LogP contribution is 2.63. The zero-order valence-electron chi connectivity index (χ0n) is 38.9. The minimum Gasteiger partial charge on any atom is -0.310 e. The van der Waals surface area contributed by atoms with Crippen LogP contribution in [0.2, 0.25) is 0 Å². The Bertz CT molecular complexity index is 4070. The monoisotopic (exact) mass is 899 g/mol. The van der Waals surface area contributed by atoms with E-state index in [1.807, 2.05) is 0 Å². The number of hydrogen-bond donors (Lipinski definition) is 0. The number of hydrogen-bond acceptors (Lipinski definition) is 1. The molecule has 0 heterocycles. The van der Waals surface area contributed by atoms with Gasteiger partial charge in [0.2, 0.25) is 0 Å². The second-order valence-corrected chi connectivity index (χ2v) is 19.4. The minimum absolute atomic E-state index is 0.491. The summed E-state index contributed by atoms with van der Waals surface area (Å²) in [6.07, 6.45) is 0. The average Bonchev–Trinajstić information content (AvgIpc) is 3.92. The van der Waals surface area contributed by atoms with Gasteiger partial charge in [0.05, 0.1) is 16.5 Å². The lowest BCUT2D eigenvalue weighted by Gasteiger charge is -2.40. The molecule has 0 bridgehead atoms. The van der Waals surface area contributed by atoms with Gasteiger partial charge in [0.1, 0.15) is 0 Å². The van der Waals surface area contributed by atoms with Gasteiger partial charge < -0.3 is 4.90 Å². The van der Waals surface area contributed by atoms with Crippen molar-refractivity contribution in [1.82, 2.24) is 0 Å². The maximum Gasteiger partial charge on any atom is 0.0726 e. The molecule has 71 heavy (non-hydrogen) atoms. The van der Waals surface area contributed by atoms with Crippen molar-refractivity contribution in [3.05, 3.63) is 317 Å². The Morgan fingerprint density at radius 3 is 1.44 bits per heavy atom. The van der Waals surface area contributed by atoms with Crippen LogP contribution in [0.5, 0.6) is 0 Å². The topological polar surface area (TPSA) is 3.24 Å². The summed E-state index contributed by atoms with van der Waals surface area (Å²) in [5.41, 5.74) is 22.8. The normalized spacial score (nSPS) is 15.2. The molecular formula is C70H45N. The first kappa shape index (κ1) is 39.9. The maximum absolute atomic E-state index is 2.54. The predicted octanol–water partition coefficient (Wildman–Crippen LogP) is 17.8. The van der Waals surface area contributed by atoms with Gasteiger partial charge >= 0.3 is 0 Å². The molecule has 330 valence electrons. The number of anilines is 3. The van der Waals surface area contributed by atoms with Crippen LogP contribution < -0.4 is 4.90 Å². The smallest absolute Gasteiger partial charge is 0.0726 e. The maximum atomic E-state index is 2.54. The van der Waals surface area contributed by atoms with E-state index < -0.39 is 10.8 Å². The molecule has 0 radical (unpaired) electrons. The second-order valence-electron chi connectivity index (χ2n) is 19.4. The molecule has 12 aromatic rings. The van der Waals surface area contributed by atoms with Gasteiger partial charge in [0, 0.05) is 16.8 Å². The Morgan fingerprint density at radius 2 is 0.718 bits per heavy atom. The van der Waals surface area contributed by atoms with E-state index >= 15 is 0 Å². The predicted molar refractivity (Wildman–Crippen MR) is 295 cm³/mol. The number of fused-ring (bicyclic) bond motifs is 13. The molecule has 0 N–H and O–H groups in total. The Labute approximate surface area is 414 Å². The summed E-state index contributed by atoms with van der Waals surface area (Å²) in [6.45, 7) is 0. The molecule has 1 unspecified atom stereocenters. The van der Waals surface area contributed by atoms with E-state index in [-0.39, 0.29) is 0 Å². The fourth-order valence-corrected chi connectivity index (χ4v) is 13.4. The van der Waals surface area contributed by atoms with E-state index in [0.717, 1.165) is 17.1 Å². The molecular weight excluding hydrogens is 855 g/mol. The summed E-state index contributed by atoms with van der Waals surface area (Å²) in [6, 6.07) is 102. The first-order valence-electron chi connectivity index (χ1n) is 24.8. The summed E-state index contributed by atoms with van der Waals surface area (Å²) in [5, 5.41) is 5.01. The van der Waals surface area contributed by atoms with Gasteiger partial charge in [0.25, 0.3) is 0 Å². The minimum atomic E-state index is -0.591. The second kappa shape index (κ2) is 15.2. The summed E-state index contributed by atoms with van der Waals surface area (Å²) >= 11 is 0. The van der Waals surface area contributed by atoms with Gasteiger partial charge in [-0.15, -0.1) is 0 Å². The van der Waals surface area contributed by atoms with Gasteiger partial charge in [-0.05, 0) is 136 Å². The van der Waals surface area contributed by atoms with Crippen LogP contribution in [0, 0.1) is 0 Å². The quantitative estimate of drug-likeness (QED) is 0.161. The van der Waals surface area contributed by atoms with Crippen LogP contribution in [0.25, 0.3) is 66.1 Å². The van der Waals surface area contributed by atoms with Crippen molar-refractivity contribution in [3.8, 4) is 44.5 Å². The Kier molecular flexibility index (Phi) is 8.56. The highest BCUT2D eigenvalue weighted by Gasteiger charge is 2.51. The summed E-state index contributed by atoms with van der Waals surface area (Å²) in [5.74, 6) is 0. The molecule has 0 amide bonds. The fourth-order valence-electron chi connectivity index (χ4n) is 13.4. The van der Waals surface area contributed by atoms with Crippen LogP contribution in [0.4, 0.5) is 17.1 Å². The summed E-state index contributed by atoms with van der Waals surface area (Å²) in [4.78, 5) is 2.53. The first-order valence-corrected chi connectivity index (χ1v) is 24.8.